The quantitative estimate of drug-likeness (QED) is 0.717. The second-order valence-electron chi connectivity index (χ2n) is 3.73. The first kappa shape index (κ1) is 11.0. The Labute approximate surface area is 84.9 Å². The lowest BCUT2D eigenvalue weighted by atomic mass is 10.00. The number of aryl methyl sites for hydroxylation is 1. The highest BCUT2D eigenvalue weighted by atomic mass is 19.1. The lowest BCUT2D eigenvalue weighted by Crippen LogP contribution is -1.99. The van der Waals surface area contributed by atoms with E-state index in [-0.39, 0.29) is 11.7 Å². The van der Waals surface area contributed by atoms with Crippen LogP contribution in [0.25, 0.3) is 0 Å². The third-order valence-corrected chi connectivity index (χ3v) is 2.22. The number of hydrogen-bond acceptors (Lipinski definition) is 1. The van der Waals surface area contributed by atoms with Crippen LogP contribution in [0.1, 0.15) is 37.8 Å². The zero-order valence-corrected chi connectivity index (χ0v) is 9.23. The van der Waals surface area contributed by atoms with E-state index in [2.05, 4.69) is 0 Å². The van der Waals surface area contributed by atoms with Gasteiger partial charge in [-0.3, -0.25) is 0 Å². The average molecular weight is 196 g/mol. The Kier molecular flexibility index (Phi) is 3.50. The van der Waals surface area contributed by atoms with Gasteiger partial charge in [-0.05, 0) is 37.0 Å². The summed E-state index contributed by atoms with van der Waals surface area (Å²) in [5.41, 5.74) is 1.75. The molecule has 0 heterocycles. The van der Waals surface area contributed by atoms with Crippen molar-refractivity contribution in [2.45, 2.75) is 33.6 Å². The Morgan fingerprint density at radius 2 is 2.00 bits per heavy atom. The molecule has 0 aromatic heterocycles. The second kappa shape index (κ2) is 4.45. The lowest BCUT2D eigenvalue weighted by Gasteiger charge is -2.12. The van der Waals surface area contributed by atoms with Crippen molar-refractivity contribution in [3.63, 3.8) is 0 Å². The van der Waals surface area contributed by atoms with Gasteiger partial charge in [-0.1, -0.05) is 13.8 Å². The van der Waals surface area contributed by atoms with Gasteiger partial charge in [-0.15, -0.1) is 0 Å². The Hall–Kier alpha value is -1.05. The maximum absolute atomic E-state index is 13.5. The first-order valence-electron chi connectivity index (χ1n) is 4.99. The number of hydrogen-bond donors (Lipinski definition) is 0. The highest BCUT2D eigenvalue weighted by Gasteiger charge is 2.10. The van der Waals surface area contributed by atoms with Crippen LogP contribution in [0.4, 0.5) is 4.39 Å². The van der Waals surface area contributed by atoms with Crippen molar-refractivity contribution in [2.75, 3.05) is 6.61 Å². The molecule has 0 aliphatic rings. The molecule has 1 aromatic carbocycles. The molecule has 0 N–H and O–H groups in total. The van der Waals surface area contributed by atoms with Crippen molar-refractivity contribution in [1.82, 2.24) is 0 Å². The van der Waals surface area contributed by atoms with Crippen molar-refractivity contribution >= 4 is 0 Å². The maximum Gasteiger partial charge on any atom is 0.130 e. The Morgan fingerprint density at radius 1 is 1.36 bits per heavy atom. The molecule has 0 spiro atoms. The largest absolute Gasteiger partial charge is 0.494 e. The van der Waals surface area contributed by atoms with Gasteiger partial charge < -0.3 is 4.74 Å². The van der Waals surface area contributed by atoms with Crippen molar-refractivity contribution in [2.24, 2.45) is 0 Å². The molecule has 1 rings (SSSR count). The molecule has 0 aliphatic carbocycles. The second-order valence-corrected chi connectivity index (χ2v) is 3.73. The van der Waals surface area contributed by atoms with E-state index >= 15 is 0 Å². The molecule has 0 radical (unpaired) electrons. The topological polar surface area (TPSA) is 9.23 Å². The van der Waals surface area contributed by atoms with Crippen LogP contribution in [0.15, 0.2) is 12.1 Å². The SMILES string of the molecule is CCOc1cc(F)c(C(C)C)cc1C. The van der Waals surface area contributed by atoms with Crippen LogP contribution < -0.4 is 4.74 Å². The highest BCUT2D eigenvalue weighted by Crippen LogP contribution is 2.26. The summed E-state index contributed by atoms with van der Waals surface area (Å²) in [6.45, 7) is 8.38. The van der Waals surface area contributed by atoms with Gasteiger partial charge in [0, 0.05) is 6.07 Å². The third-order valence-electron chi connectivity index (χ3n) is 2.22. The fraction of sp³-hybridized carbons (Fsp3) is 0.500. The van der Waals surface area contributed by atoms with Gasteiger partial charge in [0.25, 0.3) is 0 Å². The van der Waals surface area contributed by atoms with Crippen LogP contribution in [0.3, 0.4) is 0 Å². The summed E-state index contributed by atoms with van der Waals surface area (Å²) in [6, 6.07) is 3.35. The molecular formula is C12H17FO. The van der Waals surface area contributed by atoms with E-state index in [4.69, 9.17) is 4.74 Å². The first-order valence-corrected chi connectivity index (χ1v) is 4.99. The van der Waals surface area contributed by atoms with Gasteiger partial charge in [0.1, 0.15) is 11.6 Å². The maximum atomic E-state index is 13.5. The van der Waals surface area contributed by atoms with E-state index in [1.807, 2.05) is 33.8 Å². The Balaban J connectivity index is 3.10. The molecule has 1 nitrogen and oxygen atoms in total. The lowest BCUT2D eigenvalue weighted by molar-refractivity contribution is 0.335. The van der Waals surface area contributed by atoms with E-state index in [1.54, 1.807) is 0 Å². The summed E-state index contributed by atoms with van der Waals surface area (Å²) in [4.78, 5) is 0. The molecule has 2 heteroatoms. The molecule has 0 atom stereocenters. The minimum absolute atomic E-state index is 0.172. The van der Waals surface area contributed by atoms with Crippen LogP contribution in [0.2, 0.25) is 0 Å². The Morgan fingerprint density at radius 3 is 2.50 bits per heavy atom. The fourth-order valence-electron chi connectivity index (χ4n) is 1.44. The van der Waals surface area contributed by atoms with Crippen molar-refractivity contribution in [3.05, 3.63) is 29.1 Å². The van der Waals surface area contributed by atoms with E-state index in [1.165, 1.54) is 6.07 Å². The van der Waals surface area contributed by atoms with Gasteiger partial charge in [-0.2, -0.15) is 0 Å². The minimum Gasteiger partial charge on any atom is -0.494 e. The molecule has 0 bridgehead atoms. The number of benzene rings is 1. The van der Waals surface area contributed by atoms with Crippen LogP contribution in [0, 0.1) is 12.7 Å². The molecular weight excluding hydrogens is 179 g/mol. The molecule has 0 aliphatic heterocycles. The molecule has 78 valence electrons. The number of rotatable bonds is 3. The Bertz CT molecular complexity index is 318. The summed E-state index contributed by atoms with van der Waals surface area (Å²) < 4.78 is 18.8. The molecule has 0 saturated heterocycles. The standard InChI is InChI=1S/C12H17FO/c1-5-14-12-7-11(13)10(8(2)3)6-9(12)4/h6-8H,5H2,1-4H3. The molecule has 14 heavy (non-hydrogen) atoms. The number of ether oxygens (including phenoxy) is 1. The smallest absolute Gasteiger partial charge is 0.130 e. The van der Waals surface area contributed by atoms with Gasteiger partial charge in [0.2, 0.25) is 0 Å². The van der Waals surface area contributed by atoms with Crippen LogP contribution >= 0.6 is 0 Å². The van der Waals surface area contributed by atoms with Gasteiger partial charge >= 0.3 is 0 Å². The molecule has 0 amide bonds. The summed E-state index contributed by atoms with van der Waals surface area (Å²) in [7, 11) is 0. The summed E-state index contributed by atoms with van der Waals surface area (Å²) >= 11 is 0. The third kappa shape index (κ3) is 2.25. The minimum atomic E-state index is -0.172. The molecule has 0 saturated carbocycles. The van der Waals surface area contributed by atoms with Crippen LogP contribution in [0.5, 0.6) is 5.75 Å². The highest BCUT2D eigenvalue weighted by molar-refractivity contribution is 5.38. The number of halogens is 1. The summed E-state index contributed by atoms with van der Waals surface area (Å²) in [6.07, 6.45) is 0. The molecule has 0 fully saturated rings. The van der Waals surface area contributed by atoms with E-state index in [0.717, 1.165) is 11.1 Å². The van der Waals surface area contributed by atoms with Crippen LogP contribution in [-0.4, -0.2) is 6.61 Å². The fourth-order valence-corrected chi connectivity index (χ4v) is 1.44. The molecule has 0 unspecified atom stereocenters. The summed E-state index contributed by atoms with van der Waals surface area (Å²) in [5, 5.41) is 0. The van der Waals surface area contributed by atoms with E-state index in [9.17, 15) is 4.39 Å². The van der Waals surface area contributed by atoms with Gasteiger partial charge in [0.15, 0.2) is 0 Å². The molecule has 1 aromatic rings. The monoisotopic (exact) mass is 196 g/mol. The zero-order valence-electron chi connectivity index (χ0n) is 9.23. The van der Waals surface area contributed by atoms with Crippen LogP contribution in [-0.2, 0) is 0 Å². The van der Waals surface area contributed by atoms with Gasteiger partial charge in [0.05, 0.1) is 6.61 Å². The summed E-state index contributed by atoms with van der Waals surface area (Å²) in [5.74, 6) is 0.688. The normalized spacial score (nSPS) is 10.7. The predicted molar refractivity (Wildman–Crippen MR) is 56.4 cm³/mol. The van der Waals surface area contributed by atoms with Crippen molar-refractivity contribution in [3.8, 4) is 5.75 Å². The zero-order chi connectivity index (χ0) is 10.7. The first-order chi connectivity index (χ1) is 6.56. The van der Waals surface area contributed by atoms with E-state index < -0.39 is 0 Å². The predicted octanol–water partition coefficient (Wildman–Crippen LogP) is 3.66. The van der Waals surface area contributed by atoms with Crippen molar-refractivity contribution < 1.29 is 9.13 Å². The van der Waals surface area contributed by atoms with Gasteiger partial charge in [-0.25, -0.2) is 4.39 Å². The average Bonchev–Trinajstić information content (AvgIpc) is 2.10. The van der Waals surface area contributed by atoms with E-state index in [0.29, 0.717) is 12.4 Å². The van der Waals surface area contributed by atoms with Crippen molar-refractivity contribution in [1.29, 1.82) is 0 Å².